The summed E-state index contributed by atoms with van der Waals surface area (Å²) in [6.07, 6.45) is 3.41. The van der Waals surface area contributed by atoms with Crippen LogP contribution in [-0.4, -0.2) is 72.4 Å². The van der Waals surface area contributed by atoms with E-state index >= 15 is 18.8 Å². The molecule has 3 aromatic carbocycles. The van der Waals surface area contributed by atoms with Crippen LogP contribution in [0.1, 0.15) is 115 Å². The van der Waals surface area contributed by atoms with Crippen molar-refractivity contribution in [3.8, 4) is 11.6 Å². The highest BCUT2D eigenvalue weighted by Crippen LogP contribution is 2.59. The number of halogens is 2. The van der Waals surface area contributed by atoms with Crippen molar-refractivity contribution in [3.05, 3.63) is 110 Å². The fourth-order valence-electron chi connectivity index (χ4n) is 10.1. The number of fused-ring (bicyclic) bond motifs is 4. The maximum atomic E-state index is 17.6. The summed E-state index contributed by atoms with van der Waals surface area (Å²) in [5, 5.41) is 3.87. The van der Waals surface area contributed by atoms with Gasteiger partial charge in [0.2, 0.25) is 5.78 Å². The Bertz CT molecular complexity index is 2380. The first-order chi connectivity index (χ1) is 29.3. The zero-order chi connectivity index (χ0) is 44.5. The Balaban J connectivity index is 1.28. The molecule has 0 bridgehead atoms. The third-order valence-corrected chi connectivity index (χ3v) is 19.8. The minimum atomic E-state index is -2.98. The van der Waals surface area contributed by atoms with Crippen molar-refractivity contribution in [3.63, 3.8) is 0 Å². The average Bonchev–Trinajstić information content (AvgIpc) is 3.64. The van der Waals surface area contributed by atoms with E-state index in [1.54, 1.807) is 0 Å². The smallest absolute Gasteiger partial charge is 0.265 e. The van der Waals surface area contributed by atoms with E-state index in [4.69, 9.17) is 18.4 Å². The minimum Gasteiger partial charge on any atom is -0.487 e. The molecule has 0 radical (unpaired) electrons. The zero-order valence-corrected chi connectivity index (χ0v) is 40.0. The first-order valence-corrected chi connectivity index (χ1v) is 25.6. The molecule has 0 spiro atoms. The summed E-state index contributed by atoms with van der Waals surface area (Å²) in [5.41, 5.74) is 0.261. The molecule has 4 aliphatic rings. The van der Waals surface area contributed by atoms with Gasteiger partial charge in [-0.1, -0.05) is 87.9 Å². The average molecular weight is 929 g/mol. The van der Waals surface area contributed by atoms with Crippen LogP contribution in [0.5, 0.6) is 11.6 Å². The molecule has 330 valence electrons. The third-order valence-electron chi connectivity index (χ3n) is 14.5. The molecule has 8 rings (SSSR count). The number of aromatic nitrogens is 1. The first kappa shape index (κ1) is 44.6. The van der Waals surface area contributed by atoms with Crippen LogP contribution >= 0.6 is 15.9 Å². The maximum absolute atomic E-state index is 17.6. The molecule has 4 aromatic rings. The maximum Gasteiger partial charge on any atom is 0.265 e. The lowest BCUT2D eigenvalue weighted by molar-refractivity contribution is -0.151. The summed E-state index contributed by atoms with van der Waals surface area (Å²) in [6.45, 7) is 15.9. The Labute approximate surface area is 374 Å². The van der Waals surface area contributed by atoms with Gasteiger partial charge in [0, 0.05) is 29.1 Å². The van der Waals surface area contributed by atoms with E-state index in [2.05, 4.69) is 60.6 Å². The molecule has 2 fully saturated rings. The molecular weight excluding hydrogens is 870 g/mol. The number of likely N-dealkylation sites (tertiary alicyclic amines) is 1. The predicted octanol–water partition coefficient (Wildman–Crippen LogP) is 10.3. The van der Waals surface area contributed by atoms with E-state index in [9.17, 15) is 0 Å². The number of ketones is 3. The SMILES string of the molecule is CN(C)[C@@H]1c2onc(OCc3ccccc3)c2C(=O)[C@@]2(O[Si](C)(C)C(C)(C)C)C(=O)C3C(=O)c4c(c(F)c(CN5CCCCC5(C)C)c(Br)c4OCc4ccccc4)C[C@H]3C[C@@H]12. The third kappa shape index (κ3) is 7.52. The van der Waals surface area contributed by atoms with Crippen LogP contribution in [-0.2, 0) is 35.4 Å². The molecule has 2 heterocycles. The Morgan fingerprint density at radius 3 is 2.18 bits per heavy atom. The van der Waals surface area contributed by atoms with Gasteiger partial charge in [0.25, 0.3) is 5.88 Å². The second-order valence-corrected chi connectivity index (χ2v) is 25.6. The van der Waals surface area contributed by atoms with Crippen LogP contribution in [0.4, 0.5) is 4.39 Å². The number of hydrogen-bond acceptors (Lipinski definition) is 10. The lowest BCUT2D eigenvalue weighted by Gasteiger charge is -2.56. The molecule has 0 N–H and O–H groups in total. The number of carbonyl (C=O) groups is 3. The van der Waals surface area contributed by atoms with Gasteiger partial charge in [-0.3, -0.25) is 24.2 Å². The van der Waals surface area contributed by atoms with Gasteiger partial charge in [0.05, 0.1) is 22.0 Å². The second-order valence-electron chi connectivity index (χ2n) is 20.1. The van der Waals surface area contributed by atoms with Gasteiger partial charge in [-0.15, -0.1) is 0 Å². The number of Topliss-reactive ketones (excluding diaryl/α,β-unsaturated/α-hetero) is 3. The van der Waals surface area contributed by atoms with Crippen LogP contribution in [0.15, 0.2) is 69.7 Å². The van der Waals surface area contributed by atoms with E-state index in [-0.39, 0.29) is 65.7 Å². The second kappa shape index (κ2) is 16.5. The fraction of sp³-hybridized carbons (Fsp3) is 0.510. The quantitative estimate of drug-likeness (QED) is 0.106. The Morgan fingerprint density at radius 1 is 0.952 bits per heavy atom. The molecular formula is C49H59BrFN3O7Si. The summed E-state index contributed by atoms with van der Waals surface area (Å²) in [4.78, 5) is 51.4. The molecule has 13 heteroatoms. The molecule has 5 atom stereocenters. The summed E-state index contributed by atoms with van der Waals surface area (Å²) in [5.74, 6) is -4.49. The van der Waals surface area contributed by atoms with E-state index in [0.717, 1.165) is 36.9 Å². The molecule has 1 unspecified atom stereocenters. The largest absolute Gasteiger partial charge is 0.487 e. The molecule has 1 saturated carbocycles. The molecule has 1 aliphatic heterocycles. The zero-order valence-electron chi connectivity index (χ0n) is 37.4. The Kier molecular flexibility index (Phi) is 11.9. The van der Waals surface area contributed by atoms with E-state index in [0.29, 0.717) is 16.6 Å². The number of nitrogens with zero attached hydrogens (tertiary/aromatic N) is 3. The fourth-order valence-corrected chi connectivity index (χ4v) is 12.2. The van der Waals surface area contributed by atoms with Crippen molar-refractivity contribution in [1.29, 1.82) is 0 Å². The first-order valence-electron chi connectivity index (χ1n) is 21.9. The van der Waals surface area contributed by atoms with Crippen molar-refractivity contribution < 1.29 is 37.2 Å². The number of benzene rings is 3. The van der Waals surface area contributed by atoms with Gasteiger partial charge in [0.1, 0.15) is 30.3 Å². The summed E-state index contributed by atoms with van der Waals surface area (Å²) in [7, 11) is 0.761. The van der Waals surface area contributed by atoms with Gasteiger partial charge < -0.3 is 18.4 Å². The van der Waals surface area contributed by atoms with Gasteiger partial charge in [-0.25, -0.2) is 4.39 Å². The van der Waals surface area contributed by atoms with E-state index in [1.807, 2.05) is 92.8 Å². The standard InChI is InChI=1S/C49H59BrFN3O7Si/c1-47(2,3)62(8,9)61-49-34(40(53(6)7)43-37(45(49)57)46(52-60-43)59-28-30-20-14-11-15-21-30)25-31-24-32-36(41(55)35(31)44(49)56)42(58-27-29-18-12-10-13-19-29)38(50)33(39(32)51)26-54-23-17-16-22-48(54,4)5/h10-15,18-21,31,34-35,40H,16-17,22-28H2,1-9H3/t31-,34-,35?,40-,49-/m0/s1. The number of ether oxygens (including phenoxy) is 2. The number of piperidine rings is 1. The summed E-state index contributed by atoms with van der Waals surface area (Å²) < 4.78 is 44.0. The van der Waals surface area contributed by atoms with Crippen molar-refractivity contribution >= 4 is 41.6 Å². The molecule has 62 heavy (non-hydrogen) atoms. The minimum absolute atomic E-state index is 0.0281. The molecule has 10 nitrogen and oxygen atoms in total. The van der Waals surface area contributed by atoms with Gasteiger partial charge >= 0.3 is 0 Å². The van der Waals surface area contributed by atoms with Crippen LogP contribution in [0.25, 0.3) is 0 Å². The van der Waals surface area contributed by atoms with Gasteiger partial charge in [0.15, 0.2) is 31.2 Å². The van der Waals surface area contributed by atoms with Crippen LogP contribution < -0.4 is 9.47 Å². The lowest BCUT2D eigenvalue weighted by atomic mass is 9.54. The molecule has 3 aliphatic carbocycles. The van der Waals surface area contributed by atoms with E-state index in [1.165, 1.54) is 0 Å². The van der Waals surface area contributed by atoms with Crippen LogP contribution in [0, 0.1) is 23.6 Å². The summed E-state index contributed by atoms with van der Waals surface area (Å²) >= 11 is 3.75. The number of rotatable bonds is 11. The molecule has 0 amide bonds. The lowest BCUT2D eigenvalue weighted by Crippen LogP contribution is -2.70. The van der Waals surface area contributed by atoms with Crippen molar-refractivity contribution in [2.45, 2.75) is 122 Å². The summed E-state index contributed by atoms with van der Waals surface area (Å²) in [6, 6.07) is 18.4. The van der Waals surface area contributed by atoms with Crippen LogP contribution in [0.3, 0.4) is 0 Å². The highest BCUT2D eigenvalue weighted by atomic mass is 79.9. The topological polar surface area (TPSA) is 111 Å². The Hall–Kier alpha value is -4.01. The highest BCUT2D eigenvalue weighted by molar-refractivity contribution is 9.10. The normalized spacial score (nSPS) is 24.9. The predicted molar refractivity (Wildman–Crippen MR) is 240 cm³/mol. The van der Waals surface area contributed by atoms with Crippen molar-refractivity contribution in [2.75, 3.05) is 20.6 Å². The Morgan fingerprint density at radius 2 is 1.58 bits per heavy atom. The monoisotopic (exact) mass is 927 g/mol. The number of carbonyl (C=O) groups excluding carboxylic acids is 3. The molecule has 1 saturated heterocycles. The molecule has 1 aromatic heterocycles. The van der Waals surface area contributed by atoms with Crippen LogP contribution in [0.2, 0.25) is 18.1 Å². The van der Waals surface area contributed by atoms with E-state index < -0.39 is 65.9 Å². The van der Waals surface area contributed by atoms with Crippen molar-refractivity contribution in [2.24, 2.45) is 17.8 Å². The number of hydrogen-bond donors (Lipinski definition) is 0. The van der Waals surface area contributed by atoms with Gasteiger partial charge in [-0.05, 0) is 116 Å². The highest BCUT2D eigenvalue weighted by Gasteiger charge is 2.70. The van der Waals surface area contributed by atoms with Crippen molar-refractivity contribution in [1.82, 2.24) is 15.0 Å². The van der Waals surface area contributed by atoms with Gasteiger partial charge in [-0.2, -0.15) is 0 Å².